The summed E-state index contributed by atoms with van der Waals surface area (Å²) >= 11 is 0.835. The molecule has 0 amide bonds. The fourth-order valence-electron chi connectivity index (χ4n) is 4.09. The van der Waals surface area contributed by atoms with Crippen LogP contribution in [0.25, 0.3) is 0 Å². The van der Waals surface area contributed by atoms with Crippen molar-refractivity contribution in [3.8, 4) is 10.1 Å². The quantitative estimate of drug-likeness (QED) is 0.0856. The Morgan fingerprint density at radius 1 is 0.595 bits per heavy atom. The number of carbonyl (C=O) groups is 1. The zero-order valence-corrected chi connectivity index (χ0v) is 24.0. The predicted molar refractivity (Wildman–Crippen MR) is 156 cm³/mol. The van der Waals surface area contributed by atoms with Gasteiger partial charge in [-0.15, -0.1) is 0 Å². The minimum atomic E-state index is -2.31. The van der Waals surface area contributed by atoms with Crippen LogP contribution in [0.4, 0.5) is 0 Å². The molecule has 0 N–H and O–H groups in total. The molecule has 5 aromatic carbocycles. The van der Waals surface area contributed by atoms with Gasteiger partial charge in [-0.1, -0.05) is 0 Å². The molecule has 0 aliphatic heterocycles. The molecule has 5 aromatic rings. The van der Waals surface area contributed by atoms with E-state index < -0.39 is 24.4 Å². The summed E-state index contributed by atoms with van der Waals surface area (Å²) in [4.78, 5) is 13.8. The standard InChI is InChI=1S/C18H15P.C15H9OS.Au/c1-4-10-16(11-5-1)19(17-12-6-2-7-13-17)18-14-8-3-9-15-18;1-2-12-7-6-8-13(11-12)15(16)17-14-9-4-3-5-10-14;/h1-15H;3-11H;/q;;-1/p+1. The number of carbonyl (C=O) groups excluding carboxylic acids is 1. The van der Waals surface area contributed by atoms with E-state index >= 15 is 0 Å². The first-order chi connectivity index (χ1) is 18.3. The molecule has 0 saturated carbocycles. The summed E-state index contributed by atoms with van der Waals surface area (Å²) in [5.41, 5.74) is 1.56. The molecular weight excluding hydrogens is 672 g/mol. The van der Waals surface area contributed by atoms with E-state index in [0.29, 0.717) is 5.56 Å². The van der Waals surface area contributed by atoms with Crippen molar-refractivity contribution in [2.75, 3.05) is 0 Å². The van der Waals surface area contributed by atoms with E-state index in [4.69, 9.17) is 0 Å². The summed E-state index contributed by atoms with van der Waals surface area (Å²) in [6.45, 7) is 0. The second kappa shape index (κ2) is 12.4. The van der Waals surface area contributed by atoms with Crippen molar-refractivity contribution in [3.05, 3.63) is 157 Å². The van der Waals surface area contributed by atoms with Gasteiger partial charge in [-0.05, 0) is 0 Å². The third-order valence-electron chi connectivity index (χ3n) is 5.83. The fourth-order valence-corrected chi connectivity index (χ4v) is 16.1. The molecule has 0 bridgehead atoms. The summed E-state index contributed by atoms with van der Waals surface area (Å²) in [7, 11) is 0. The third kappa shape index (κ3) is 6.06. The van der Waals surface area contributed by atoms with Crippen molar-refractivity contribution >= 4 is 37.9 Å². The first-order valence-corrected chi connectivity index (χ1v) is 18.8. The van der Waals surface area contributed by atoms with Gasteiger partial charge < -0.3 is 0 Å². The van der Waals surface area contributed by atoms with Gasteiger partial charge in [0.1, 0.15) is 0 Å². The number of benzene rings is 5. The molecule has 0 aromatic heterocycles. The topological polar surface area (TPSA) is 17.1 Å². The van der Waals surface area contributed by atoms with Crippen LogP contribution in [0.5, 0.6) is 0 Å². The van der Waals surface area contributed by atoms with Gasteiger partial charge in [0.05, 0.1) is 0 Å². The molecule has 0 radical (unpaired) electrons. The SMILES string of the molecule is O=C(Sc1ccccc1)c1cccc(C#[C][Au][PH](c2ccccc2)(c2ccccc2)c2ccccc2)c1. The number of hydrogen-bond acceptors (Lipinski definition) is 2. The summed E-state index contributed by atoms with van der Waals surface area (Å²) in [6, 6.07) is 50.1. The van der Waals surface area contributed by atoms with E-state index in [1.54, 1.807) is 0 Å². The summed E-state index contributed by atoms with van der Waals surface area (Å²) in [5.74, 6) is 3.43. The van der Waals surface area contributed by atoms with E-state index in [0.717, 1.165) is 10.5 Å². The van der Waals surface area contributed by atoms with Gasteiger partial charge in [0.2, 0.25) is 0 Å². The Balaban J connectivity index is 1.51. The van der Waals surface area contributed by atoms with Crippen molar-refractivity contribution in [2.24, 2.45) is 0 Å². The van der Waals surface area contributed by atoms with Crippen LogP contribution in [-0.4, -0.2) is 5.12 Å². The third-order valence-corrected chi connectivity index (χ3v) is 19.5. The molecular formula is C33H25AuOPS. The predicted octanol–water partition coefficient (Wildman–Crippen LogP) is 6.65. The summed E-state index contributed by atoms with van der Waals surface area (Å²) in [5, 5.41) is 1.86. The van der Waals surface area contributed by atoms with Crippen LogP contribution in [0, 0.1) is 10.1 Å². The molecule has 37 heavy (non-hydrogen) atoms. The Morgan fingerprint density at radius 2 is 1.08 bits per heavy atom. The molecule has 0 aliphatic rings. The van der Waals surface area contributed by atoms with Crippen LogP contribution >= 0.6 is 16.9 Å². The van der Waals surface area contributed by atoms with Crippen molar-refractivity contribution in [1.29, 1.82) is 0 Å². The average molecular weight is 698 g/mol. The van der Waals surface area contributed by atoms with E-state index in [1.807, 2.05) is 54.6 Å². The van der Waals surface area contributed by atoms with Gasteiger partial charge in [0.15, 0.2) is 0 Å². The van der Waals surface area contributed by atoms with Gasteiger partial charge in [0, 0.05) is 0 Å². The molecule has 5 rings (SSSR count). The van der Waals surface area contributed by atoms with Crippen LogP contribution in [-0.2, 0) is 19.2 Å². The Kier molecular flexibility index (Phi) is 8.54. The maximum atomic E-state index is 12.9. The molecule has 0 heterocycles. The van der Waals surface area contributed by atoms with Gasteiger partial charge in [-0.2, -0.15) is 0 Å². The summed E-state index contributed by atoms with van der Waals surface area (Å²) in [6.07, 6.45) is 0. The van der Waals surface area contributed by atoms with Crippen molar-refractivity contribution in [1.82, 2.24) is 0 Å². The van der Waals surface area contributed by atoms with E-state index in [2.05, 4.69) is 101 Å². The monoisotopic (exact) mass is 697 g/mol. The average Bonchev–Trinajstić information content (AvgIpc) is 2.97. The van der Waals surface area contributed by atoms with E-state index in [1.165, 1.54) is 27.7 Å². The van der Waals surface area contributed by atoms with Gasteiger partial charge in [0.25, 0.3) is 0 Å². The van der Waals surface area contributed by atoms with E-state index in [9.17, 15) is 4.79 Å². The fraction of sp³-hybridized carbons (Fsp3) is 0. The Morgan fingerprint density at radius 3 is 1.59 bits per heavy atom. The van der Waals surface area contributed by atoms with Crippen LogP contribution in [0.15, 0.2) is 150 Å². The maximum absolute atomic E-state index is 12.9. The van der Waals surface area contributed by atoms with Gasteiger partial charge in [-0.25, -0.2) is 0 Å². The van der Waals surface area contributed by atoms with Crippen molar-refractivity contribution in [2.45, 2.75) is 4.90 Å². The zero-order chi connectivity index (χ0) is 25.3. The minimum absolute atomic E-state index is 0.0324. The Bertz CT molecular complexity index is 1430. The number of hydrogen-bond donors (Lipinski definition) is 0. The van der Waals surface area contributed by atoms with Crippen molar-refractivity contribution < 1.29 is 24.0 Å². The van der Waals surface area contributed by atoms with Gasteiger partial charge in [-0.3, -0.25) is 0 Å². The van der Waals surface area contributed by atoms with Crippen LogP contribution in [0.2, 0.25) is 0 Å². The van der Waals surface area contributed by atoms with Crippen LogP contribution in [0.3, 0.4) is 0 Å². The first-order valence-electron chi connectivity index (χ1n) is 11.9. The second-order valence-corrected chi connectivity index (χ2v) is 19.4. The van der Waals surface area contributed by atoms with Crippen molar-refractivity contribution in [3.63, 3.8) is 0 Å². The molecule has 0 saturated heterocycles. The van der Waals surface area contributed by atoms with Crippen LogP contribution in [0.1, 0.15) is 15.9 Å². The summed E-state index contributed by atoms with van der Waals surface area (Å²) < 4.78 is 3.64. The Labute approximate surface area is 232 Å². The number of rotatable bonds is 6. The second-order valence-electron chi connectivity index (χ2n) is 8.26. The molecule has 1 nitrogen and oxygen atoms in total. The number of thioether (sulfide) groups is 1. The molecule has 0 fully saturated rings. The molecule has 0 aliphatic carbocycles. The first kappa shape index (κ1) is 25.5. The molecule has 185 valence electrons. The molecule has 0 unspecified atom stereocenters. The molecule has 4 heteroatoms. The van der Waals surface area contributed by atoms with Gasteiger partial charge >= 0.3 is 234 Å². The molecule has 0 spiro atoms. The Hall–Kier alpha value is -3.15. The normalized spacial score (nSPS) is 11.4. The molecule has 0 atom stereocenters. The van der Waals surface area contributed by atoms with Crippen LogP contribution < -0.4 is 15.9 Å². The van der Waals surface area contributed by atoms with E-state index in [-0.39, 0.29) is 5.12 Å². The zero-order valence-electron chi connectivity index (χ0n) is 20.0.